The molecule has 1 N–H and O–H groups in total. The summed E-state index contributed by atoms with van der Waals surface area (Å²) in [6.07, 6.45) is 0.913. The molecule has 1 heterocycles. The van der Waals surface area contributed by atoms with Crippen molar-refractivity contribution in [2.24, 2.45) is 0 Å². The molecule has 0 radical (unpaired) electrons. The zero-order valence-electron chi connectivity index (χ0n) is 13.1. The average Bonchev–Trinajstić information content (AvgIpc) is 2.45. The van der Waals surface area contributed by atoms with Crippen LogP contribution in [0, 0.1) is 6.92 Å². The van der Waals surface area contributed by atoms with Crippen molar-refractivity contribution in [2.45, 2.75) is 44.7 Å². The van der Waals surface area contributed by atoms with Crippen LogP contribution in [0.5, 0.6) is 0 Å². The third-order valence-corrected chi connectivity index (χ3v) is 4.52. The van der Waals surface area contributed by atoms with Crippen molar-refractivity contribution in [3.63, 3.8) is 0 Å². The summed E-state index contributed by atoms with van der Waals surface area (Å²) in [6.45, 7) is 8.22. The Bertz CT molecular complexity index is 652. The second-order valence-electron chi connectivity index (χ2n) is 5.87. The van der Waals surface area contributed by atoms with E-state index in [1.807, 2.05) is 38.1 Å². The minimum Gasteiger partial charge on any atom is -0.351 e. The van der Waals surface area contributed by atoms with Crippen LogP contribution in [0.4, 0.5) is 0 Å². The van der Waals surface area contributed by atoms with E-state index in [-0.39, 0.29) is 11.4 Å². The molecule has 0 aliphatic carbocycles. The van der Waals surface area contributed by atoms with Crippen LogP contribution < -0.4 is 5.32 Å². The fourth-order valence-electron chi connectivity index (χ4n) is 2.03. The van der Waals surface area contributed by atoms with Crippen LogP contribution in [-0.2, 0) is 4.79 Å². The summed E-state index contributed by atoms with van der Waals surface area (Å²) >= 11 is 1.49. The van der Waals surface area contributed by atoms with E-state index in [2.05, 4.69) is 30.2 Å². The lowest BCUT2D eigenvalue weighted by molar-refractivity contribution is -0.120. The first-order chi connectivity index (χ1) is 9.91. The number of amides is 1. The number of benzene rings is 1. The van der Waals surface area contributed by atoms with Gasteiger partial charge in [0.15, 0.2) is 0 Å². The number of hydrogen-bond acceptors (Lipinski definition) is 3. The van der Waals surface area contributed by atoms with E-state index in [4.69, 9.17) is 0 Å². The summed E-state index contributed by atoms with van der Waals surface area (Å²) in [5.74, 6) is 0.452. The molecule has 3 nitrogen and oxygen atoms in total. The standard InChI is InChI=1S/C17H22N2OS/c1-5-17(3,4)19-15(20)11-21-16-10-12(2)13-8-6-7-9-14(13)18-16/h6-10H,5,11H2,1-4H3,(H,19,20). The first kappa shape index (κ1) is 15.8. The van der Waals surface area contributed by atoms with E-state index in [9.17, 15) is 4.79 Å². The van der Waals surface area contributed by atoms with Crippen LogP contribution in [-0.4, -0.2) is 22.2 Å². The number of aromatic nitrogens is 1. The fourth-order valence-corrected chi connectivity index (χ4v) is 2.81. The Morgan fingerprint density at radius 2 is 2.05 bits per heavy atom. The first-order valence-corrected chi connectivity index (χ1v) is 8.20. The SMILES string of the molecule is CCC(C)(C)NC(=O)CSc1cc(C)c2ccccc2n1. The molecule has 112 valence electrons. The van der Waals surface area contributed by atoms with E-state index in [0.717, 1.165) is 17.0 Å². The number of nitrogens with one attached hydrogen (secondary N) is 1. The van der Waals surface area contributed by atoms with Crippen molar-refractivity contribution >= 4 is 28.6 Å². The van der Waals surface area contributed by atoms with Crippen molar-refractivity contribution in [1.82, 2.24) is 10.3 Å². The highest BCUT2D eigenvalue weighted by Gasteiger charge is 2.17. The average molecular weight is 302 g/mol. The highest BCUT2D eigenvalue weighted by atomic mass is 32.2. The highest BCUT2D eigenvalue weighted by Crippen LogP contribution is 2.23. The van der Waals surface area contributed by atoms with E-state index in [0.29, 0.717) is 5.75 Å². The first-order valence-electron chi connectivity index (χ1n) is 7.21. The zero-order chi connectivity index (χ0) is 15.5. The summed E-state index contributed by atoms with van der Waals surface area (Å²) in [5, 5.41) is 5.10. The van der Waals surface area contributed by atoms with Crippen LogP contribution in [0.1, 0.15) is 32.8 Å². The van der Waals surface area contributed by atoms with Gasteiger partial charge in [-0.25, -0.2) is 4.98 Å². The molecule has 0 spiro atoms. The molecule has 0 aliphatic heterocycles. The van der Waals surface area contributed by atoms with Crippen molar-refractivity contribution in [1.29, 1.82) is 0 Å². The molecule has 0 saturated heterocycles. The Morgan fingerprint density at radius 1 is 1.33 bits per heavy atom. The number of rotatable bonds is 5. The number of para-hydroxylation sites is 1. The van der Waals surface area contributed by atoms with Crippen molar-refractivity contribution < 1.29 is 4.79 Å². The third-order valence-electron chi connectivity index (χ3n) is 3.61. The van der Waals surface area contributed by atoms with Crippen molar-refractivity contribution in [2.75, 3.05) is 5.75 Å². The highest BCUT2D eigenvalue weighted by molar-refractivity contribution is 7.99. The maximum atomic E-state index is 12.0. The Balaban J connectivity index is 2.05. The van der Waals surface area contributed by atoms with Gasteiger partial charge in [-0.3, -0.25) is 4.79 Å². The molecule has 0 aliphatic rings. The Morgan fingerprint density at radius 3 is 2.76 bits per heavy atom. The van der Waals surface area contributed by atoms with Gasteiger partial charge in [0.25, 0.3) is 0 Å². The molecule has 4 heteroatoms. The molecule has 2 rings (SSSR count). The number of nitrogens with zero attached hydrogens (tertiary/aromatic N) is 1. The Hall–Kier alpha value is -1.55. The van der Waals surface area contributed by atoms with Gasteiger partial charge in [0.2, 0.25) is 5.91 Å². The van der Waals surface area contributed by atoms with Crippen LogP contribution in [0.25, 0.3) is 10.9 Å². The van der Waals surface area contributed by atoms with E-state index >= 15 is 0 Å². The largest absolute Gasteiger partial charge is 0.351 e. The number of thioether (sulfide) groups is 1. The summed E-state index contributed by atoms with van der Waals surface area (Å²) in [6, 6.07) is 10.1. The van der Waals surface area contributed by atoms with Gasteiger partial charge in [0.1, 0.15) is 0 Å². The predicted molar refractivity (Wildman–Crippen MR) is 89.7 cm³/mol. The summed E-state index contributed by atoms with van der Waals surface area (Å²) in [4.78, 5) is 16.6. The molecule has 1 aromatic heterocycles. The van der Waals surface area contributed by atoms with Gasteiger partial charge >= 0.3 is 0 Å². The van der Waals surface area contributed by atoms with Gasteiger partial charge in [0, 0.05) is 10.9 Å². The monoisotopic (exact) mass is 302 g/mol. The van der Waals surface area contributed by atoms with Crippen LogP contribution in [0.15, 0.2) is 35.4 Å². The smallest absolute Gasteiger partial charge is 0.230 e. The third kappa shape index (κ3) is 4.21. The number of hydrogen-bond donors (Lipinski definition) is 1. The molecular weight excluding hydrogens is 280 g/mol. The van der Waals surface area contributed by atoms with Crippen molar-refractivity contribution in [3.8, 4) is 0 Å². The van der Waals surface area contributed by atoms with E-state index in [1.165, 1.54) is 22.7 Å². The lowest BCUT2D eigenvalue weighted by Gasteiger charge is -2.24. The molecule has 0 unspecified atom stereocenters. The van der Waals surface area contributed by atoms with Gasteiger partial charge in [0.05, 0.1) is 16.3 Å². The van der Waals surface area contributed by atoms with Gasteiger partial charge in [-0.2, -0.15) is 0 Å². The molecular formula is C17H22N2OS. The van der Waals surface area contributed by atoms with Gasteiger partial charge in [-0.15, -0.1) is 0 Å². The van der Waals surface area contributed by atoms with E-state index < -0.39 is 0 Å². The summed E-state index contributed by atoms with van der Waals surface area (Å²) < 4.78 is 0. The van der Waals surface area contributed by atoms with Gasteiger partial charge in [-0.05, 0) is 44.9 Å². The lowest BCUT2D eigenvalue weighted by Crippen LogP contribution is -2.43. The maximum Gasteiger partial charge on any atom is 0.230 e. The number of fused-ring (bicyclic) bond motifs is 1. The van der Waals surface area contributed by atoms with Gasteiger partial charge in [-0.1, -0.05) is 36.9 Å². The Kier molecular flexibility index (Phi) is 4.88. The molecule has 0 atom stereocenters. The second kappa shape index (κ2) is 6.48. The topological polar surface area (TPSA) is 42.0 Å². The number of pyridine rings is 1. The van der Waals surface area contributed by atoms with Crippen LogP contribution in [0.2, 0.25) is 0 Å². The quantitative estimate of drug-likeness (QED) is 0.851. The van der Waals surface area contributed by atoms with Gasteiger partial charge < -0.3 is 5.32 Å². The van der Waals surface area contributed by atoms with Crippen LogP contribution >= 0.6 is 11.8 Å². The lowest BCUT2D eigenvalue weighted by atomic mass is 10.0. The molecule has 0 fully saturated rings. The fraction of sp³-hybridized carbons (Fsp3) is 0.412. The minimum atomic E-state index is -0.148. The predicted octanol–water partition coefficient (Wildman–Crippen LogP) is 3.94. The molecule has 1 aromatic carbocycles. The summed E-state index contributed by atoms with van der Waals surface area (Å²) in [7, 11) is 0. The molecule has 0 saturated carbocycles. The van der Waals surface area contributed by atoms with Crippen molar-refractivity contribution in [3.05, 3.63) is 35.9 Å². The minimum absolute atomic E-state index is 0.0551. The summed E-state index contributed by atoms with van der Waals surface area (Å²) in [5.41, 5.74) is 2.02. The normalized spacial score (nSPS) is 11.6. The molecule has 21 heavy (non-hydrogen) atoms. The molecule has 2 aromatic rings. The van der Waals surface area contributed by atoms with Crippen LogP contribution in [0.3, 0.4) is 0 Å². The molecule has 0 bridgehead atoms. The Labute approximate surface area is 130 Å². The number of aryl methyl sites for hydroxylation is 1. The second-order valence-corrected chi connectivity index (χ2v) is 6.86. The number of carbonyl (C=O) groups is 1. The molecule has 1 amide bonds. The number of carbonyl (C=O) groups excluding carboxylic acids is 1. The maximum absolute atomic E-state index is 12.0. The van der Waals surface area contributed by atoms with E-state index in [1.54, 1.807) is 0 Å². The zero-order valence-corrected chi connectivity index (χ0v) is 13.9.